The Bertz CT molecular complexity index is 1210. The van der Waals surface area contributed by atoms with Gasteiger partial charge in [0.2, 0.25) is 5.91 Å². The lowest BCUT2D eigenvalue weighted by Crippen LogP contribution is -2.54. The normalized spacial score (nSPS) is 14.4. The number of carbonyl (C=O) groups excluding carboxylic acids is 3. The van der Waals surface area contributed by atoms with E-state index >= 15 is 0 Å². The van der Waals surface area contributed by atoms with Crippen LogP contribution in [0.3, 0.4) is 0 Å². The molecule has 0 atom stereocenters. The van der Waals surface area contributed by atoms with Gasteiger partial charge in [-0.1, -0.05) is 39.0 Å². The highest BCUT2D eigenvalue weighted by molar-refractivity contribution is 5.97. The van der Waals surface area contributed by atoms with E-state index in [2.05, 4.69) is 22.0 Å². The summed E-state index contributed by atoms with van der Waals surface area (Å²) in [4.78, 5) is 40.1. The molecule has 0 unspecified atom stereocenters. The van der Waals surface area contributed by atoms with Gasteiger partial charge in [0.05, 0.1) is 17.2 Å². The fraction of sp³-hybridized carbons (Fsp3) is 0.467. The molecule has 0 radical (unpaired) electrons. The Labute approximate surface area is 225 Å². The topological polar surface area (TPSA) is 114 Å². The molecule has 0 aliphatic carbocycles. The van der Waals surface area contributed by atoms with Gasteiger partial charge in [-0.2, -0.15) is 5.26 Å². The zero-order valence-electron chi connectivity index (χ0n) is 23.3. The molecule has 0 spiro atoms. The number of aryl methyl sites for hydroxylation is 1. The van der Waals surface area contributed by atoms with Crippen LogP contribution in [-0.2, 0) is 4.79 Å². The van der Waals surface area contributed by atoms with Gasteiger partial charge in [-0.05, 0) is 74.9 Å². The molecule has 2 aromatic rings. The minimum atomic E-state index is -0.627. The number of nitrogens with zero attached hydrogens (tertiary/aromatic N) is 2. The summed E-state index contributed by atoms with van der Waals surface area (Å²) in [5.41, 5.74) is 2.63. The zero-order chi connectivity index (χ0) is 28.1. The molecular formula is C30H39N5O3. The zero-order valence-corrected chi connectivity index (χ0v) is 23.3. The lowest BCUT2D eigenvalue weighted by Gasteiger charge is -2.32. The van der Waals surface area contributed by atoms with Crippen LogP contribution in [0.1, 0.15) is 80.4 Å². The van der Waals surface area contributed by atoms with Crippen molar-refractivity contribution in [2.45, 2.75) is 65.8 Å². The smallest absolute Gasteiger partial charge is 0.319 e. The Balaban J connectivity index is 1.57. The van der Waals surface area contributed by atoms with Crippen molar-refractivity contribution >= 4 is 23.5 Å². The average Bonchev–Trinajstić information content (AvgIpc) is 2.88. The van der Waals surface area contributed by atoms with E-state index in [0.29, 0.717) is 35.8 Å². The predicted octanol–water partition coefficient (Wildman–Crippen LogP) is 4.95. The van der Waals surface area contributed by atoms with Crippen molar-refractivity contribution in [1.82, 2.24) is 15.5 Å². The van der Waals surface area contributed by atoms with E-state index in [1.807, 2.05) is 76.8 Å². The molecule has 8 nitrogen and oxygen atoms in total. The van der Waals surface area contributed by atoms with Crippen LogP contribution < -0.4 is 16.0 Å². The minimum Gasteiger partial charge on any atom is -0.349 e. The summed E-state index contributed by atoms with van der Waals surface area (Å²) in [6.45, 7) is 12.6. The first kappa shape index (κ1) is 28.7. The van der Waals surface area contributed by atoms with Crippen LogP contribution >= 0.6 is 0 Å². The van der Waals surface area contributed by atoms with Crippen LogP contribution in [0.2, 0.25) is 0 Å². The van der Waals surface area contributed by atoms with Crippen molar-refractivity contribution < 1.29 is 14.4 Å². The lowest BCUT2D eigenvalue weighted by molar-refractivity contribution is -0.130. The highest BCUT2D eigenvalue weighted by Crippen LogP contribution is 2.29. The molecule has 3 N–H and O–H groups in total. The summed E-state index contributed by atoms with van der Waals surface area (Å²) >= 11 is 0. The van der Waals surface area contributed by atoms with Crippen molar-refractivity contribution in [2.75, 3.05) is 25.0 Å². The number of rotatable bonds is 6. The summed E-state index contributed by atoms with van der Waals surface area (Å²) in [5, 5.41) is 17.6. The van der Waals surface area contributed by atoms with Gasteiger partial charge < -0.3 is 20.9 Å². The fourth-order valence-electron chi connectivity index (χ4n) is 4.32. The first-order valence-corrected chi connectivity index (χ1v) is 13.1. The molecule has 0 bridgehead atoms. The van der Waals surface area contributed by atoms with Crippen molar-refractivity contribution in [2.24, 2.45) is 5.41 Å². The standard InChI is InChI=1S/C30H39N5O3/c1-20-7-10-24(17-25(20)33-28(38)32-19-30(5,6)34-27(37)29(2,3)4)26(36)35-15-13-23(14-16-35)22-11-8-21(18-31)9-12-22/h7-12,17,23H,13-16,19H2,1-6H3,(H,34,37)(H2,32,33,38). The molecule has 1 heterocycles. The average molecular weight is 518 g/mol. The molecule has 1 fully saturated rings. The van der Waals surface area contributed by atoms with Crippen LogP contribution in [0.15, 0.2) is 42.5 Å². The molecule has 38 heavy (non-hydrogen) atoms. The molecule has 0 saturated carbocycles. The first-order valence-electron chi connectivity index (χ1n) is 13.1. The maximum Gasteiger partial charge on any atom is 0.319 e. The van der Waals surface area contributed by atoms with Gasteiger partial charge in [-0.15, -0.1) is 0 Å². The number of nitrogens with one attached hydrogen (secondary N) is 3. The van der Waals surface area contributed by atoms with Crippen molar-refractivity contribution in [3.63, 3.8) is 0 Å². The minimum absolute atomic E-state index is 0.0576. The summed E-state index contributed by atoms with van der Waals surface area (Å²) in [7, 11) is 0. The van der Waals surface area contributed by atoms with E-state index in [1.54, 1.807) is 12.1 Å². The van der Waals surface area contributed by atoms with Gasteiger partial charge >= 0.3 is 6.03 Å². The van der Waals surface area contributed by atoms with Gasteiger partial charge in [0.25, 0.3) is 5.91 Å². The van der Waals surface area contributed by atoms with Crippen molar-refractivity contribution in [3.05, 3.63) is 64.7 Å². The van der Waals surface area contributed by atoms with E-state index in [0.717, 1.165) is 18.4 Å². The molecule has 8 heteroatoms. The number of nitriles is 1. The lowest BCUT2D eigenvalue weighted by atomic mass is 9.89. The Kier molecular flexibility index (Phi) is 8.82. The Morgan fingerprint density at radius 2 is 1.63 bits per heavy atom. The fourth-order valence-corrected chi connectivity index (χ4v) is 4.32. The summed E-state index contributed by atoms with van der Waals surface area (Å²) in [5.74, 6) is 0.216. The van der Waals surface area contributed by atoms with Crippen molar-refractivity contribution in [1.29, 1.82) is 5.26 Å². The van der Waals surface area contributed by atoms with Gasteiger partial charge in [0.1, 0.15) is 0 Å². The molecular weight excluding hydrogens is 478 g/mol. The Morgan fingerprint density at radius 1 is 1.00 bits per heavy atom. The summed E-state index contributed by atoms with van der Waals surface area (Å²) in [6.07, 6.45) is 1.72. The monoisotopic (exact) mass is 517 g/mol. The van der Waals surface area contributed by atoms with Crippen LogP contribution in [-0.4, -0.2) is 47.9 Å². The van der Waals surface area contributed by atoms with Crippen molar-refractivity contribution in [3.8, 4) is 6.07 Å². The quantitative estimate of drug-likeness (QED) is 0.503. The van der Waals surface area contributed by atoms with Crippen LogP contribution in [0, 0.1) is 23.7 Å². The third kappa shape index (κ3) is 7.58. The number of urea groups is 1. The second-order valence-electron chi connectivity index (χ2n) is 11.7. The third-order valence-corrected chi connectivity index (χ3v) is 6.85. The number of hydrogen-bond acceptors (Lipinski definition) is 4. The number of piperidine rings is 1. The number of likely N-dealkylation sites (tertiary alicyclic amines) is 1. The number of amides is 4. The Hall–Kier alpha value is -3.86. The highest BCUT2D eigenvalue weighted by atomic mass is 16.2. The predicted molar refractivity (Wildman–Crippen MR) is 149 cm³/mol. The second kappa shape index (κ2) is 11.7. The summed E-state index contributed by atoms with van der Waals surface area (Å²) in [6, 6.07) is 14.8. The molecule has 1 aliphatic rings. The molecule has 3 rings (SSSR count). The second-order valence-corrected chi connectivity index (χ2v) is 11.7. The first-order chi connectivity index (χ1) is 17.8. The van der Waals surface area contributed by atoms with E-state index in [1.165, 1.54) is 5.56 Å². The SMILES string of the molecule is Cc1ccc(C(=O)N2CCC(c3ccc(C#N)cc3)CC2)cc1NC(=O)NCC(C)(C)NC(=O)C(C)(C)C. The van der Waals surface area contributed by atoms with E-state index < -0.39 is 17.0 Å². The Morgan fingerprint density at radius 3 is 2.21 bits per heavy atom. The molecule has 4 amide bonds. The number of hydrogen-bond donors (Lipinski definition) is 3. The van der Waals surface area contributed by atoms with Gasteiger partial charge in [-0.25, -0.2) is 4.79 Å². The van der Waals surface area contributed by atoms with E-state index in [4.69, 9.17) is 5.26 Å². The maximum atomic E-state index is 13.2. The van der Waals surface area contributed by atoms with Gasteiger partial charge in [-0.3, -0.25) is 9.59 Å². The molecule has 1 aliphatic heterocycles. The van der Waals surface area contributed by atoms with Crippen LogP contribution in [0.25, 0.3) is 0 Å². The largest absolute Gasteiger partial charge is 0.349 e. The molecule has 202 valence electrons. The molecule has 2 aromatic carbocycles. The van der Waals surface area contributed by atoms with E-state index in [-0.39, 0.29) is 18.4 Å². The van der Waals surface area contributed by atoms with Gasteiger partial charge in [0.15, 0.2) is 0 Å². The molecule has 1 saturated heterocycles. The summed E-state index contributed by atoms with van der Waals surface area (Å²) < 4.78 is 0. The van der Waals surface area contributed by atoms with Crippen LogP contribution in [0.5, 0.6) is 0 Å². The number of benzene rings is 2. The number of carbonyl (C=O) groups is 3. The van der Waals surface area contributed by atoms with E-state index in [9.17, 15) is 14.4 Å². The highest BCUT2D eigenvalue weighted by Gasteiger charge is 2.29. The molecule has 0 aromatic heterocycles. The van der Waals surface area contributed by atoms with Crippen LogP contribution in [0.4, 0.5) is 10.5 Å². The maximum absolute atomic E-state index is 13.2. The number of anilines is 1. The third-order valence-electron chi connectivity index (χ3n) is 6.85. The van der Waals surface area contributed by atoms with Gasteiger partial charge in [0, 0.05) is 36.3 Å².